The average molecular weight is 447 g/mol. The molecule has 0 bridgehead atoms. The fourth-order valence-corrected chi connectivity index (χ4v) is 5.33. The van der Waals surface area contributed by atoms with E-state index >= 15 is 0 Å². The molecule has 0 atom stereocenters. The number of hydrogen-bond donors (Lipinski definition) is 1. The molecule has 1 aliphatic heterocycles. The highest BCUT2D eigenvalue weighted by molar-refractivity contribution is 7.89. The van der Waals surface area contributed by atoms with Crippen LogP contribution in [0.1, 0.15) is 33.8 Å². The normalized spacial score (nSPS) is 14.7. The Balaban J connectivity index is 1.41. The number of thiophene rings is 1. The maximum atomic E-state index is 12.6. The molecule has 1 N–H and O–H groups in total. The molecule has 0 radical (unpaired) electrons. The molecule has 2 aromatic heterocycles. The number of rotatable bonds is 8. The molecule has 4 rings (SSSR count). The quantitative estimate of drug-likeness (QED) is 0.571. The largest absolute Gasteiger partial charge is 0.485 e. The summed E-state index contributed by atoms with van der Waals surface area (Å²) in [5.74, 6) is 0.541. The highest BCUT2D eigenvalue weighted by Gasteiger charge is 2.30. The maximum Gasteiger partial charge on any atom is 0.276 e. The van der Waals surface area contributed by atoms with Gasteiger partial charge in [-0.1, -0.05) is 18.2 Å². The Morgan fingerprint density at radius 3 is 2.67 bits per heavy atom. The third-order valence-electron chi connectivity index (χ3n) is 4.80. The van der Waals surface area contributed by atoms with E-state index in [1.807, 2.05) is 17.5 Å². The molecule has 30 heavy (non-hydrogen) atoms. The van der Waals surface area contributed by atoms with Crippen molar-refractivity contribution in [1.82, 2.24) is 9.62 Å². The number of furan rings is 1. The van der Waals surface area contributed by atoms with Crippen molar-refractivity contribution in [2.24, 2.45) is 0 Å². The van der Waals surface area contributed by atoms with Crippen LogP contribution in [0.3, 0.4) is 0 Å². The number of carbonyl (C=O) groups excluding carboxylic acids is 1. The molecule has 0 unspecified atom stereocenters. The maximum absolute atomic E-state index is 12.6. The van der Waals surface area contributed by atoms with Crippen LogP contribution in [0.2, 0.25) is 0 Å². The van der Waals surface area contributed by atoms with E-state index in [-0.39, 0.29) is 17.6 Å². The smallest absolute Gasteiger partial charge is 0.276 e. The van der Waals surface area contributed by atoms with E-state index in [1.54, 1.807) is 41.7 Å². The predicted molar refractivity (Wildman–Crippen MR) is 113 cm³/mol. The standard InChI is InChI=1S/C21H22N2O5S2/c24-21(22-14-17-6-5-13-29-17)18-7-1-2-8-19(18)27-15-16-9-10-20(28-16)30(25,26)23-11-3-4-12-23/h1-2,5-10,13H,3-4,11-12,14-15H2,(H,22,24). The number of sulfonamides is 1. The van der Waals surface area contributed by atoms with Crippen molar-refractivity contribution in [1.29, 1.82) is 0 Å². The number of carbonyl (C=O) groups is 1. The Labute approximate surface area is 179 Å². The van der Waals surface area contributed by atoms with E-state index in [9.17, 15) is 13.2 Å². The number of hydrogen-bond acceptors (Lipinski definition) is 6. The van der Waals surface area contributed by atoms with E-state index in [1.165, 1.54) is 10.4 Å². The summed E-state index contributed by atoms with van der Waals surface area (Å²) in [6.07, 6.45) is 1.72. The van der Waals surface area contributed by atoms with Gasteiger partial charge in [0.1, 0.15) is 18.1 Å². The molecule has 1 aromatic carbocycles. The minimum absolute atomic E-state index is 0.0186. The molecule has 1 amide bonds. The first-order valence-electron chi connectivity index (χ1n) is 9.65. The number of para-hydroxylation sites is 1. The van der Waals surface area contributed by atoms with Crippen LogP contribution in [0.15, 0.2) is 63.4 Å². The van der Waals surface area contributed by atoms with Gasteiger partial charge in [-0.3, -0.25) is 4.79 Å². The summed E-state index contributed by atoms with van der Waals surface area (Å²) in [5, 5.41) is 4.76. The Kier molecular flexibility index (Phi) is 6.21. The third kappa shape index (κ3) is 4.58. The van der Waals surface area contributed by atoms with Crippen LogP contribution in [-0.4, -0.2) is 31.7 Å². The highest BCUT2D eigenvalue weighted by Crippen LogP contribution is 2.24. The molecule has 3 heterocycles. The van der Waals surface area contributed by atoms with Crippen molar-refractivity contribution in [2.45, 2.75) is 31.1 Å². The molecule has 1 saturated heterocycles. The molecule has 1 fully saturated rings. The SMILES string of the molecule is O=C(NCc1cccs1)c1ccccc1OCc1ccc(S(=O)(=O)N2CCCC2)o1. The molecule has 3 aromatic rings. The van der Waals surface area contributed by atoms with Crippen LogP contribution in [0.5, 0.6) is 5.75 Å². The minimum Gasteiger partial charge on any atom is -0.485 e. The average Bonchev–Trinajstić information content (AvgIpc) is 3.53. The van der Waals surface area contributed by atoms with Gasteiger partial charge in [-0.15, -0.1) is 11.3 Å². The predicted octanol–water partition coefficient (Wildman–Crippen LogP) is 3.63. The van der Waals surface area contributed by atoms with E-state index < -0.39 is 10.0 Å². The number of benzene rings is 1. The fraction of sp³-hybridized carbons (Fsp3) is 0.286. The van der Waals surface area contributed by atoms with Crippen molar-refractivity contribution < 1.29 is 22.4 Å². The van der Waals surface area contributed by atoms with Crippen LogP contribution in [0.25, 0.3) is 0 Å². The molecule has 9 heteroatoms. The van der Waals surface area contributed by atoms with Crippen molar-refractivity contribution in [2.75, 3.05) is 13.1 Å². The number of nitrogens with zero attached hydrogens (tertiary/aromatic N) is 1. The summed E-state index contributed by atoms with van der Waals surface area (Å²) < 4.78 is 37.9. The molecular formula is C21H22N2O5S2. The molecule has 7 nitrogen and oxygen atoms in total. The van der Waals surface area contributed by atoms with Crippen LogP contribution in [-0.2, 0) is 23.2 Å². The van der Waals surface area contributed by atoms with Gasteiger partial charge in [0, 0.05) is 18.0 Å². The third-order valence-corrected chi connectivity index (χ3v) is 7.45. The zero-order chi connectivity index (χ0) is 21.0. The lowest BCUT2D eigenvalue weighted by Crippen LogP contribution is -2.27. The van der Waals surface area contributed by atoms with Crippen LogP contribution < -0.4 is 10.1 Å². The minimum atomic E-state index is -3.60. The van der Waals surface area contributed by atoms with E-state index in [0.717, 1.165) is 17.7 Å². The Hall–Kier alpha value is -2.62. The van der Waals surface area contributed by atoms with Crippen LogP contribution in [0, 0.1) is 0 Å². The van der Waals surface area contributed by atoms with Crippen molar-refractivity contribution in [3.63, 3.8) is 0 Å². The van der Waals surface area contributed by atoms with Crippen molar-refractivity contribution in [3.8, 4) is 5.75 Å². The topological polar surface area (TPSA) is 88.8 Å². The van der Waals surface area contributed by atoms with E-state index in [0.29, 0.717) is 36.7 Å². The first-order chi connectivity index (χ1) is 14.5. The lowest BCUT2D eigenvalue weighted by molar-refractivity contribution is 0.0946. The second-order valence-corrected chi connectivity index (χ2v) is 9.78. The number of ether oxygens (including phenoxy) is 1. The van der Waals surface area contributed by atoms with Crippen molar-refractivity contribution in [3.05, 3.63) is 70.1 Å². The zero-order valence-electron chi connectivity index (χ0n) is 16.2. The molecule has 0 saturated carbocycles. The lowest BCUT2D eigenvalue weighted by atomic mass is 10.2. The van der Waals surface area contributed by atoms with Gasteiger partial charge in [0.05, 0.1) is 12.1 Å². The lowest BCUT2D eigenvalue weighted by Gasteiger charge is -2.13. The van der Waals surface area contributed by atoms with Gasteiger partial charge in [-0.2, -0.15) is 4.31 Å². The first kappa shape index (κ1) is 20.6. The monoisotopic (exact) mass is 446 g/mol. The molecule has 1 aliphatic rings. The van der Waals surface area contributed by atoms with Crippen LogP contribution in [0.4, 0.5) is 0 Å². The van der Waals surface area contributed by atoms with Gasteiger partial charge >= 0.3 is 0 Å². The second-order valence-electron chi connectivity index (χ2n) is 6.88. The zero-order valence-corrected chi connectivity index (χ0v) is 17.9. The summed E-state index contributed by atoms with van der Waals surface area (Å²) in [4.78, 5) is 13.6. The summed E-state index contributed by atoms with van der Waals surface area (Å²) in [6.45, 7) is 1.50. The van der Waals surface area contributed by atoms with Gasteiger partial charge in [0.25, 0.3) is 15.9 Å². The summed E-state index contributed by atoms with van der Waals surface area (Å²) in [5.41, 5.74) is 0.408. The molecule has 0 spiro atoms. The summed E-state index contributed by atoms with van der Waals surface area (Å²) >= 11 is 1.57. The second kappa shape index (κ2) is 9.03. The Morgan fingerprint density at radius 1 is 1.10 bits per heavy atom. The first-order valence-corrected chi connectivity index (χ1v) is 12.0. The molecule has 158 valence electrons. The van der Waals surface area contributed by atoms with Gasteiger partial charge in [-0.25, -0.2) is 8.42 Å². The highest BCUT2D eigenvalue weighted by atomic mass is 32.2. The van der Waals surface area contributed by atoms with Gasteiger partial charge in [-0.05, 0) is 48.6 Å². The molecule has 0 aliphatic carbocycles. The number of amides is 1. The van der Waals surface area contributed by atoms with Crippen LogP contribution >= 0.6 is 11.3 Å². The Morgan fingerprint density at radius 2 is 1.90 bits per heavy atom. The van der Waals surface area contributed by atoms with Gasteiger partial charge in [0.2, 0.25) is 5.09 Å². The van der Waals surface area contributed by atoms with E-state index in [4.69, 9.17) is 9.15 Å². The van der Waals surface area contributed by atoms with E-state index in [2.05, 4.69) is 5.32 Å². The molecular weight excluding hydrogens is 424 g/mol. The van der Waals surface area contributed by atoms with Gasteiger partial charge in [0.15, 0.2) is 0 Å². The van der Waals surface area contributed by atoms with Gasteiger partial charge < -0.3 is 14.5 Å². The van der Waals surface area contributed by atoms with Crippen molar-refractivity contribution >= 4 is 27.3 Å². The summed E-state index contributed by atoms with van der Waals surface area (Å²) in [6, 6.07) is 13.9. The fourth-order valence-electron chi connectivity index (χ4n) is 3.23. The Bertz CT molecular complexity index is 1100. The number of nitrogens with one attached hydrogen (secondary N) is 1. The summed E-state index contributed by atoms with van der Waals surface area (Å²) in [7, 11) is -3.60.